The zero-order valence-electron chi connectivity index (χ0n) is 15.3. The highest BCUT2D eigenvalue weighted by atomic mass is 16.7. The molecule has 0 N–H and O–H groups in total. The maximum atomic E-state index is 12.6. The van der Waals surface area contributed by atoms with E-state index in [0.717, 1.165) is 17.7 Å². The Labute approximate surface area is 161 Å². The maximum Gasteiger partial charge on any atom is 0.338 e. The lowest BCUT2D eigenvalue weighted by Gasteiger charge is -2.20. The molecule has 4 rings (SSSR count). The molecule has 7 nitrogen and oxygen atoms in total. The van der Waals surface area contributed by atoms with E-state index < -0.39 is 23.7 Å². The quantitative estimate of drug-likeness (QED) is 0.763. The summed E-state index contributed by atoms with van der Waals surface area (Å²) in [6.07, 6.45) is 0.726. The van der Waals surface area contributed by atoms with Gasteiger partial charge in [-0.3, -0.25) is 14.4 Å². The average Bonchev–Trinajstić information content (AvgIpc) is 3.22. The predicted octanol–water partition coefficient (Wildman–Crippen LogP) is 2.36. The lowest BCUT2D eigenvalue weighted by atomic mass is 10.1. The van der Waals surface area contributed by atoms with Crippen molar-refractivity contribution in [3.05, 3.63) is 65.2 Å². The van der Waals surface area contributed by atoms with Crippen molar-refractivity contribution in [2.45, 2.75) is 19.8 Å². The van der Waals surface area contributed by atoms with E-state index in [1.165, 1.54) is 12.1 Å². The van der Waals surface area contributed by atoms with E-state index >= 15 is 0 Å². The van der Waals surface area contributed by atoms with Crippen molar-refractivity contribution in [2.24, 2.45) is 5.92 Å². The van der Waals surface area contributed by atoms with Gasteiger partial charge in [-0.15, -0.1) is 0 Å². The van der Waals surface area contributed by atoms with Gasteiger partial charge in [0.2, 0.25) is 5.91 Å². The van der Waals surface area contributed by atoms with E-state index in [1.807, 2.05) is 31.2 Å². The van der Waals surface area contributed by atoms with E-state index in [4.69, 9.17) is 4.84 Å². The van der Waals surface area contributed by atoms with Gasteiger partial charge in [0.1, 0.15) is 0 Å². The van der Waals surface area contributed by atoms with Crippen molar-refractivity contribution in [3.8, 4) is 0 Å². The van der Waals surface area contributed by atoms with Crippen LogP contribution in [0.2, 0.25) is 0 Å². The molecule has 0 aromatic heterocycles. The lowest BCUT2D eigenvalue weighted by molar-refractivity contribution is -0.173. The fourth-order valence-electron chi connectivity index (χ4n) is 3.59. The van der Waals surface area contributed by atoms with Gasteiger partial charge in [-0.2, -0.15) is 0 Å². The smallest absolute Gasteiger partial charge is 0.329 e. The van der Waals surface area contributed by atoms with Crippen LogP contribution in [0.15, 0.2) is 48.5 Å². The van der Waals surface area contributed by atoms with Crippen LogP contribution in [0.1, 0.15) is 39.6 Å². The van der Waals surface area contributed by atoms with E-state index in [0.29, 0.717) is 5.06 Å². The minimum Gasteiger partial charge on any atom is -0.329 e. The number of carbonyl (C=O) groups is 4. The van der Waals surface area contributed by atoms with Crippen LogP contribution in [0.3, 0.4) is 0 Å². The van der Waals surface area contributed by atoms with Crippen LogP contribution < -0.4 is 4.90 Å². The molecule has 0 aliphatic carbocycles. The van der Waals surface area contributed by atoms with E-state index in [1.54, 1.807) is 17.0 Å². The van der Waals surface area contributed by atoms with Crippen molar-refractivity contribution >= 4 is 29.4 Å². The highest BCUT2D eigenvalue weighted by Gasteiger charge is 2.42. The molecule has 2 aliphatic rings. The van der Waals surface area contributed by atoms with Crippen LogP contribution in [0, 0.1) is 5.92 Å². The number of hydroxylamine groups is 2. The van der Waals surface area contributed by atoms with Crippen LogP contribution in [0.5, 0.6) is 0 Å². The summed E-state index contributed by atoms with van der Waals surface area (Å²) in [7, 11) is 0. The minimum atomic E-state index is -0.765. The van der Waals surface area contributed by atoms with Gasteiger partial charge in [-0.05, 0) is 30.2 Å². The molecule has 142 valence electrons. The number of anilines is 1. The Morgan fingerprint density at radius 3 is 2.25 bits per heavy atom. The predicted molar refractivity (Wildman–Crippen MR) is 99.3 cm³/mol. The fourth-order valence-corrected chi connectivity index (χ4v) is 3.59. The molecule has 2 aliphatic heterocycles. The Morgan fingerprint density at radius 1 is 1.00 bits per heavy atom. The second kappa shape index (κ2) is 6.92. The molecule has 2 aromatic rings. The summed E-state index contributed by atoms with van der Waals surface area (Å²) < 4.78 is 0. The molecular formula is C21H18N2O5. The topological polar surface area (TPSA) is 84.0 Å². The molecule has 3 amide bonds. The molecule has 1 saturated heterocycles. The van der Waals surface area contributed by atoms with Crippen LogP contribution >= 0.6 is 0 Å². The Kier molecular flexibility index (Phi) is 4.43. The summed E-state index contributed by atoms with van der Waals surface area (Å²) >= 11 is 0. The molecule has 7 heteroatoms. The molecule has 0 spiro atoms. The number of imide groups is 1. The van der Waals surface area contributed by atoms with Crippen molar-refractivity contribution in [1.82, 2.24) is 5.06 Å². The third kappa shape index (κ3) is 2.85. The molecule has 1 atom stereocenters. The maximum absolute atomic E-state index is 12.6. The third-order valence-corrected chi connectivity index (χ3v) is 5.06. The Balaban J connectivity index is 1.49. The zero-order valence-corrected chi connectivity index (χ0v) is 15.3. The summed E-state index contributed by atoms with van der Waals surface area (Å²) in [6.45, 7) is 2.14. The molecule has 1 fully saturated rings. The zero-order chi connectivity index (χ0) is 19.8. The number of carbonyl (C=O) groups excluding carboxylic acids is 4. The number of fused-ring (bicyclic) bond motifs is 1. The van der Waals surface area contributed by atoms with Crippen molar-refractivity contribution in [3.63, 3.8) is 0 Å². The van der Waals surface area contributed by atoms with E-state index in [2.05, 4.69) is 0 Å². The summed E-state index contributed by atoms with van der Waals surface area (Å²) in [5, 5.41) is 0.486. The average molecular weight is 378 g/mol. The molecule has 2 heterocycles. The highest BCUT2D eigenvalue weighted by Crippen LogP contribution is 2.30. The standard InChI is InChI=1S/C21H18N2O5/c1-2-13-7-3-6-10-17(13)22-12-14(11-18(22)24)21(27)28-23-19(25)15-8-4-5-9-16(15)20(23)26/h3-10,14H,2,11-12H2,1H3. The summed E-state index contributed by atoms with van der Waals surface area (Å²) in [5.41, 5.74) is 2.17. The first-order valence-corrected chi connectivity index (χ1v) is 9.09. The number of hydrogen-bond donors (Lipinski definition) is 0. The number of benzene rings is 2. The summed E-state index contributed by atoms with van der Waals surface area (Å²) in [5.74, 6) is -3.05. The Bertz CT molecular complexity index is 965. The number of hydrogen-bond acceptors (Lipinski definition) is 5. The van der Waals surface area contributed by atoms with Gasteiger partial charge in [-0.1, -0.05) is 42.3 Å². The Morgan fingerprint density at radius 2 is 1.61 bits per heavy atom. The number of para-hydroxylation sites is 1. The van der Waals surface area contributed by atoms with Crippen LogP contribution in [-0.2, 0) is 20.8 Å². The molecule has 0 saturated carbocycles. The number of amides is 3. The van der Waals surface area contributed by atoms with Gasteiger partial charge in [0, 0.05) is 18.7 Å². The molecule has 0 radical (unpaired) electrons. The van der Waals surface area contributed by atoms with Crippen molar-refractivity contribution < 1.29 is 24.0 Å². The second-order valence-electron chi connectivity index (χ2n) is 6.75. The molecular weight excluding hydrogens is 360 g/mol. The molecule has 2 aromatic carbocycles. The van der Waals surface area contributed by atoms with Crippen LogP contribution in [0.4, 0.5) is 5.69 Å². The highest BCUT2D eigenvalue weighted by molar-refractivity contribution is 6.21. The fraction of sp³-hybridized carbons (Fsp3) is 0.238. The second-order valence-corrected chi connectivity index (χ2v) is 6.75. The van der Waals surface area contributed by atoms with Gasteiger partial charge in [0.25, 0.3) is 11.8 Å². The van der Waals surface area contributed by atoms with Crippen LogP contribution in [0.25, 0.3) is 0 Å². The summed E-state index contributed by atoms with van der Waals surface area (Å²) in [6, 6.07) is 13.8. The monoisotopic (exact) mass is 378 g/mol. The largest absolute Gasteiger partial charge is 0.338 e. The van der Waals surface area contributed by atoms with Gasteiger partial charge in [0.15, 0.2) is 0 Å². The van der Waals surface area contributed by atoms with E-state index in [-0.39, 0.29) is 30.0 Å². The van der Waals surface area contributed by atoms with Gasteiger partial charge in [0.05, 0.1) is 17.0 Å². The van der Waals surface area contributed by atoms with Crippen LogP contribution in [-0.4, -0.2) is 35.3 Å². The van der Waals surface area contributed by atoms with E-state index in [9.17, 15) is 19.2 Å². The lowest BCUT2D eigenvalue weighted by Crippen LogP contribution is -2.36. The van der Waals surface area contributed by atoms with Gasteiger partial charge in [-0.25, -0.2) is 4.79 Å². The first-order chi connectivity index (χ1) is 13.5. The van der Waals surface area contributed by atoms with Gasteiger partial charge < -0.3 is 9.74 Å². The van der Waals surface area contributed by atoms with Gasteiger partial charge >= 0.3 is 5.97 Å². The molecule has 1 unspecified atom stereocenters. The van der Waals surface area contributed by atoms with Crippen molar-refractivity contribution in [2.75, 3.05) is 11.4 Å². The number of aryl methyl sites for hydroxylation is 1. The Hall–Kier alpha value is -3.48. The molecule has 0 bridgehead atoms. The minimum absolute atomic E-state index is 0.0277. The SMILES string of the molecule is CCc1ccccc1N1CC(C(=O)ON2C(=O)c3ccccc3C2=O)CC1=O. The van der Waals surface area contributed by atoms with Crippen molar-refractivity contribution in [1.29, 1.82) is 0 Å². The first kappa shape index (κ1) is 17.9. The third-order valence-electron chi connectivity index (χ3n) is 5.06. The number of rotatable bonds is 4. The summed E-state index contributed by atoms with van der Waals surface area (Å²) in [4.78, 5) is 56.4. The normalized spacial score (nSPS) is 18.6. The first-order valence-electron chi connectivity index (χ1n) is 9.09. The number of nitrogens with zero attached hydrogens (tertiary/aromatic N) is 2. The molecule has 28 heavy (non-hydrogen) atoms.